The van der Waals surface area contributed by atoms with Crippen LogP contribution in [0.5, 0.6) is 0 Å². The first kappa shape index (κ1) is 19.6. The third kappa shape index (κ3) is 4.31. The van der Waals surface area contributed by atoms with Gasteiger partial charge in [0.2, 0.25) is 0 Å². The largest absolute Gasteiger partial charge is 0.481 e. The molecule has 4 unspecified atom stereocenters. The molecular formula is C16H26O7. The summed E-state index contributed by atoms with van der Waals surface area (Å²) in [5, 5.41) is 38.7. The van der Waals surface area contributed by atoms with Crippen LogP contribution in [0.2, 0.25) is 0 Å². The summed E-state index contributed by atoms with van der Waals surface area (Å²) in [7, 11) is 1.38. The van der Waals surface area contributed by atoms with Crippen LogP contribution in [0.1, 0.15) is 26.7 Å². The van der Waals surface area contributed by atoms with Gasteiger partial charge in [-0.1, -0.05) is 19.9 Å². The lowest BCUT2D eigenvalue weighted by molar-refractivity contribution is -0.172. The minimum atomic E-state index is -1.56. The maximum Gasteiger partial charge on any atom is 0.333 e. The van der Waals surface area contributed by atoms with E-state index in [2.05, 4.69) is 0 Å². The Hall–Kier alpha value is -1.44. The van der Waals surface area contributed by atoms with Crippen molar-refractivity contribution in [3.63, 3.8) is 0 Å². The van der Waals surface area contributed by atoms with Crippen molar-refractivity contribution in [3.8, 4) is 0 Å². The smallest absolute Gasteiger partial charge is 0.333 e. The van der Waals surface area contributed by atoms with Crippen LogP contribution in [0.25, 0.3) is 0 Å². The highest BCUT2D eigenvalue weighted by Crippen LogP contribution is 2.46. The van der Waals surface area contributed by atoms with Crippen molar-refractivity contribution in [2.24, 2.45) is 23.7 Å². The van der Waals surface area contributed by atoms with Crippen molar-refractivity contribution in [1.29, 1.82) is 0 Å². The normalized spacial score (nSPS) is 32.1. The number of aliphatic hydroxyl groups excluding tert-OH is 1. The Labute approximate surface area is 135 Å². The van der Waals surface area contributed by atoms with Gasteiger partial charge in [-0.05, 0) is 30.6 Å². The number of aliphatic carboxylic acids is 2. The van der Waals surface area contributed by atoms with E-state index in [9.17, 15) is 24.9 Å². The zero-order valence-corrected chi connectivity index (χ0v) is 13.7. The number of hydrogen-bond donors (Lipinski definition) is 4. The predicted molar refractivity (Wildman–Crippen MR) is 81.8 cm³/mol. The average Bonchev–Trinajstić information content (AvgIpc) is 2.43. The van der Waals surface area contributed by atoms with Crippen LogP contribution in [-0.4, -0.2) is 58.3 Å². The molecule has 7 nitrogen and oxygen atoms in total. The van der Waals surface area contributed by atoms with E-state index in [0.717, 1.165) is 0 Å². The minimum absolute atomic E-state index is 0.103. The van der Waals surface area contributed by atoms with Crippen LogP contribution < -0.4 is 0 Å². The molecular weight excluding hydrogens is 304 g/mol. The van der Waals surface area contributed by atoms with Gasteiger partial charge in [0, 0.05) is 7.11 Å². The molecule has 0 saturated heterocycles. The lowest BCUT2D eigenvalue weighted by atomic mass is 9.61. The number of hydrogen-bond acceptors (Lipinski definition) is 5. The number of carbonyl (C=O) groups is 2. The monoisotopic (exact) mass is 330 g/mol. The molecule has 1 aliphatic rings. The van der Waals surface area contributed by atoms with Gasteiger partial charge in [0.25, 0.3) is 0 Å². The van der Waals surface area contributed by atoms with Gasteiger partial charge in [-0.15, -0.1) is 0 Å². The lowest BCUT2D eigenvalue weighted by Gasteiger charge is -2.46. The van der Waals surface area contributed by atoms with Crippen molar-refractivity contribution >= 4 is 11.9 Å². The number of allylic oxidation sites excluding steroid dienone is 1. The molecule has 0 aromatic carbocycles. The van der Waals surface area contributed by atoms with Crippen molar-refractivity contribution < 1.29 is 34.8 Å². The Bertz CT molecular complexity index is 471. The first-order valence-corrected chi connectivity index (χ1v) is 7.67. The second-order valence-electron chi connectivity index (χ2n) is 6.53. The fraction of sp³-hybridized carbons (Fsp3) is 0.750. The Kier molecular flexibility index (Phi) is 6.73. The molecule has 0 spiro atoms. The topological polar surface area (TPSA) is 124 Å². The quantitative estimate of drug-likeness (QED) is 0.508. The summed E-state index contributed by atoms with van der Waals surface area (Å²) < 4.78 is 4.99. The Morgan fingerprint density at radius 1 is 1.35 bits per heavy atom. The van der Waals surface area contributed by atoms with E-state index >= 15 is 0 Å². The van der Waals surface area contributed by atoms with Crippen LogP contribution in [0.4, 0.5) is 0 Å². The maximum absolute atomic E-state index is 11.8. The molecule has 0 heterocycles. The number of ether oxygens (including phenoxy) is 1. The van der Waals surface area contributed by atoms with Crippen LogP contribution in [0.15, 0.2) is 11.6 Å². The number of aliphatic hydroxyl groups is 2. The lowest BCUT2D eigenvalue weighted by Crippen LogP contribution is -2.55. The molecule has 0 aromatic rings. The van der Waals surface area contributed by atoms with Gasteiger partial charge in [0.15, 0.2) is 0 Å². The standard InChI is InChI=1S/C16H26O7/c1-9(2)11-4-5-16(22,8-23-3)13(15(20)21)12(11)6-10(7-17)14(18)19/h6,9,11-13,17,22H,4-5,7-8H2,1-3H3,(H,18,19)(H,20,21). The molecule has 0 amide bonds. The van der Waals surface area contributed by atoms with Gasteiger partial charge in [-0.2, -0.15) is 0 Å². The molecule has 1 aliphatic carbocycles. The van der Waals surface area contributed by atoms with Crippen LogP contribution >= 0.6 is 0 Å². The zero-order valence-electron chi connectivity index (χ0n) is 13.7. The van der Waals surface area contributed by atoms with Crippen LogP contribution in [-0.2, 0) is 14.3 Å². The number of carboxylic acid groups (broad SMARTS) is 2. The van der Waals surface area contributed by atoms with Crippen LogP contribution in [0.3, 0.4) is 0 Å². The minimum Gasteiger partial charge on any atom is -0.481 e. The number of methoxy groups -OCH3 is 1. The molecule has 1 fully saturated rings. The van der Waals surface area contributed by atoms with Crippen LogP contribution in [0, 0.1) is 23.7 Å². The highest BCUT2D eigenvalue weighted by atomic mass is 16.5. The molecule has 0 radical (unpaired) electrons. The van der Waals surface area contributed by atoms with Gasteiger partial charge >= 0.3 is 11.9 Å². The summed E-state index contributed by atoms with van der Waals surface area (Å²) in [5.41, 5.74) is -1.82. The summed E-state index contributed by atoms with van der Waals surface area (Å²) in [6.07, 6.45) is 2.12. The van der Waals surface area contributed by atoms with E-state index < -0.39 is 36.0 Å². The Morgan fingerprint density at radius 2 is 1.96 bits per heavy atom. The third-order valence-corrected chi connectivity index (χ3v) is 4.72. The summed E-state index contributed by atoms with van der Waals surface area (Å²) in [6.45, 7) is 3.04. The summed E-state index contributed by atoms with van der Waals surface area (Å²) in [4.78, 5) is 23.0. The molecule has 0 bridgehead atoms. The van der Waals surface area contributed by atoms with E-state index in [0.29, 0.717) is 6.42 Å². The molecule has 0 aliphatic heterocycles. The first-order valence-electron chi connectivity index (χ1n) is 7.67. The maximum atomic E-state index is 11.8. The molecule has 4 N–H and O–H groups in total. The number of carboxylic acids is 2. The predicted octanol–water partition coefficient (Wildman–Crippen LogP) is 0.750. The van der Waals surface area contributed by atoms with Gasteiger partial charge in [0.1, 0.15) is 5.60 Å². The Morgan fingerprint density at radius 3 is 2.35 bits per heavy atom. The van der Waals surface area contributed by atoms with Gasteiger partial charge in [0.05, 0.1) is 24.7 Å². The zero-order chi connectivity index (χ0) is 17.8. The van der Waals surface area contributed by atoms with E-state index in [1.54, 1.807) is 0 Å². The summed E-state index contributed by atoms with van der Waals surface area (Å²) in [6, 6.07) is 0. The van der Waals surface area contributed by atoms with Crippen molar-refractivity contribution in [2.75, 3.05) is 20.3 Å². The third-order valence-electron chi connectivity index (χ3n) is 4.72. The van der Waals surface area contributed by atoms with Crippen molar-refractivity contribution in [1.82, 2.24) is 0 Å². The molecule has 23 heavy (non-hydrogen) atoms. The first-order chi connectivity index (χ1) is 10.7. The highest BCUT2D eigenvalue weighted by Gasteiger charge is 2.52. The van der Waals surface area contributed by atoms with E-state index in [4.69, 9.17) is 9.84 Å². The van der Waals surface area contributed by atoms with Gasteiger partial charge in [-0.3, -0.25) is 4.79 Å². The molecule has 7 heteroatoms. The van der Waals surface area contributed by atoms with Gasteiger partial charge < -0.3 is 25.2 Å². The molecule has 4 atom stereocenters. The highest BCUT2D eigenvalue weighted by molar-refractivity contribution is 5.87. The summed E-state index contributed by atoms with van der Waals surface area (Å²) in [5.74, 6) is -4.36. The average molecular weight is 330 g/mol. The SMILES string of the molecule is COCC1(O)CCC(C(C)C)C(C=C(CO)C(=O)O)C1C(=O)O. The second kappa shape index (κ2) is 7.90. The molecule has 1 rings (SSSR count). The van der Waals surface area contributed by atoms with Crippen molar-refractivity contribution in [3.05, 3.63) is 11.6 Å². The molecule has 1 saturated carbocycles. The van der Waals surface area contributed by atoms with Gasteiger partial charge in [-0.25, -0.2) is 4.79 Å². The fourth-order valence-corrected chi connectivity index (χ4v) is 3.60. The fourth-order valence-electron chi connectivity index (χ4n) is 3.60. The molecule has 0 aromatic heterocycles. The van der Waals surface area contributed by atoms with E-state index in [-0.39, 0.29) is 30.4 Å². The number of rotatable bonds is 7. The summed E-state index contributed by atoms with van der Waals surface area (Å²) >= 11 is 0. The second-order valence-corrected chi connectivity index (χ2v) is 6.53. The van der Waals surface area contributed by atoms with Crippen molar-refractivity contribution in [2.45, 2.75) is 32.3 Å². The molecule has 132 valence electrons. The Balaban J connectivity index is 3.37. The van der Waals surface area contributed by atoms with E-state index in [1.165, 1.54) is 13.2 Å². The van der Waals surface area contributed by atoms with E-state index in [1.807, 2.05) is 13.8 Å².